The van der Waals surface area contributed by atoms with Gasteiger partial charge in [-0.15, -0.1) is 0 Å². The lowest BCUT2D eigenvalue weighted by atomic mass is 10.1. The van der Waals surface area contributed by atoms with Crippen LogP contribution >= 0.6 is 7.82 Å². The molecule has 326 valence electrons. The van der Waals surface area contributed by atoms with Crippen molar-refractivity contribution in [1.82, 2.24) is 0 Å². The number of allylic oxidation sites excluding steroid dienone is 5. The van der Waals surface area contributed by atoms with Crippen LogP contribution in [-0.4, -0.2) is 59.9 Å². The molecule has 0 amide bonds. The number of rotatable bonds is 41. The molecule has 0 aromatic rings. The number of carbonyl (C=O) groups is 3. The van der Waals surface area contributed by atoms with Crippen LogP contribution in [0.15, 0.2) is 36.5 Å². The molecule has 4 N–H and O–H groups in total. The second-order valence-corrected chi connectivity index (χ2v) is 16.4. The summed E-state index contributed by atoms with van der Waals surface area (Å²) in [6, 6.07) is -1.53. The minimum atomic E-state index is -4.73. The topological polar surface area (TPSA) is 172 Å². The number of hydrogen-bond acceptors (Lipinski definition) is 9. The van der Waals surface area contributed by atoms with Crippen LogP contribution in [0.5, 0.6) is 0 Å². The first-order valence-corrected chi connectivity index (χ1v) is 23.6. The smallest absolute Gasteiger partial charge is 0.472 e. The lowest BCUT2D eigenvalue weighted by Crippen LogP contribution is -2.34. The van der Waals surface area contributed by atoms with E-state index in [1.54, 1.807) is 12.2 Å². The summed E-state index contributed by atoms with van der Waals surface area (Å²) >= 11 is 0. The molecule has 0 bridgehead atoms. The van der Waals surface area contributed by atoms with Gasteiger partial charge in [0.15, 0.2) is 6.10 Å². The van der Waals surface area contributed by atoms with Crippen molar-refractivity contribution in [3.8, 4) is 0 Å². The molecule has 3 atom stereocenters. The Bertz CT molecular complexity index is 1100. The van der Waals surface area contributed by atoms with Gasteiger partial charge < -0.3 is 25.2 Å². The molecular formula is C44H80NO10P. The molecule has 12 heteroatoms. The van der Waals surface area contributed by atoms with Gasteiger partial charge >= 0.3 is 25.7 Å². The van der Waals surface area contributed by atoms with E-state index in [4.69, 9.17) is 24.8 Å². The molecule has 0 aliphatic rings. The van der Waals surface area contributed by atoms with Crippen LogP contribution in [0.3, 0.4) is 0 Å². The molecule has 0 aromatic carbocycles. The Kier molecular flexibility index (Phi) is 37.9. The molecule has 0 radical (unpaired) electrons. The van der Waals surface area contributed by atoms with Crippen molar-refractivity contribution in [3.63, 3.8) is 0 Å². The molecule has 0 aliphatic heterocycles. The summed E-state index contributed by atoms with van der Waals surface area (Å²) in [7, 11) is -4.73. The van der Waals surface area contributed by atoms with Crippen molar-refractivity contribution < 1.29 is 47.5 Å². The number of unbranched alkanes of at least 4 members (excludes halogenated alkanes) is 24. The zero-order chi connectivity index (χ0) is 41.4. The Hall–Kier alpha value is -2.30. The number of carboxylic acids is 1. The van der Waals surface area contributed by atoms with E-state index in [1.807, 2.05) is 6.08 Å². The first kappa shape index (κ1) is 53.7. The van der Waals surface area contributed by atoms with Gasteiger partial charge in [-0.1, -0.05) is 173 Å². The van der Waals surface area contributed by atoms with Crippen LogP contribution < -0.4 is 5.73 Å². The third-order valence-electron chi connectivity index (χ3n) is 9.46. The van der Waals surface area contributed by atoms with E-state index in [2.05, 4.69) is 30.5 Å². The lowest BCUT2D eigenvalue weighted by Gasteiger charge is -2.20. The SMILES string of the molecule is CCCCCC/C=C/CCCCCCCCCCCC(=O)O[C@H](COC(=O)/C=C/C=C/CCCCCCCCCCCCC)COP(=O)(O)OC[C@H](N)C(=O)O. The Balaban J connectivity index is 4.44. The molecule has 1 unspecified atom stereocenters. The van der Waals surface area contributed by atoms with E-state index in [0.717, 1.165) is 32.1 Å². The maximum absolute atomic E-state index is 12.6. The molecule has 0 aromatic heterocycles. The van der Waals surface area contributed by atoms with Gasteiger partial charge in [-0.2, -0.15) is 0 Å². The molecule has 0 saturated heterocycles. The number of phosphoric ester groups is 1. The summed E-state index contributed by atoms with van der Waals surface area (Å²) in [6.07, 6.45) is 42.7. The van der Waals surface area contributed by atoms with E-state index < -0.39 is 57.7 Å². The molecule has 0 rings (SSSR count). The molecule has 0 heterocycles. The quantitative estimate of drug-likeness (QED) is 0.0134. The van der Waals surface area contributed by atoms with Crippen molar-refractivity contribution in [1.29, 1.82) is 0 Å². The van der Waals surface area contributed by atoms with Gasteiger partial charge in [0, 0.05) is 12.5 Å². The minimum Gasteiger partial charge on any atom is -0.480 e. The first-order chi connectivity index (χ1) is 27.1. The number of aliphatic carboxylic acids is 1. The number of nitrogens with two attached hydrogens (primary N) is 1. The number of carbonyl (C=O) groups excluding carboxylic acids is 2. The molecule has 11 nitrogen and oxygen atoms in total. The molecule has 0 spiro atoms. The van der Waals surface area contributed by atoms with Crippen LogP contribution in [0.4, 0.5) is 0 Å². The van der Waals surface area contributed by atoms with E-state index in [-0.39, 0.29) is 6.42 Å². The monoisotopic (exact) mass is 814 g/mol. The second-order valence-electron chi connectivity index (χ2n) is 14.9. The highest BCUT2D eigenvalue weighted by molar-refractivity contribution is 7.47. The zero-order valence-electron chi connectivity index (χ0n) is 35.2. The maximum Gasteiger partial charge on any atom is 0.472 e. The van der Waals surface area contributed by atoms with Gasteiger partial charge in [0.1, 0.15) is 12.6 Å². The Labute approximate surface area is 340 Å². The number of carboxylic acid groups (broad SMARTS) is 1. The number of ether oxygens (including phenoxy) is 2. The highest BCUT2D eigenvalue weighted by Gasteiger charge is 2.28. The Morgan fingerprint density at radius 3 is 1.52 bits per heavy atom. The van der Waals surface area contributed by atoms with Gasteiger partial charge in [0.25, 0.3) is 0 Å². The fourth-order valence-corrected chi connectivity index (χ4v) is 6.75. The Morgan fingerprint density at radius 1 is 0.589 bits per heavy atom. The van der Waals surface area contributed by atoms with Crippen LogP contribution in [0, 0.1) is 0 Å². The lowest BCUT2D eigenvalue weighted by molar-refractivity contribution is -0.159. The van der Waals surface area contributed by atoms with Crippen molar-refractivity contribution in [2.75, 3.05) is 19.8 Å². The summed E-state index contributed by atoms with van der Waals surface area (Å²) in [4.78, 5) is 45.8. The molecule has 0 aliphatic carbocycles. The largest absolute Gasteiger partial charge is 0.480 e. The molecule has 56 heavy (non-hydrogen) atoms. The average Bonchev–Trinajstić information content (AvgIpc) is 3.17. The normalized spacial score (nSPS) is 14.1. The van der Waals surface area contributed by atoms with Gasteiger partial charge in [0.05, 0.1) is 13.2 Å². The summed E-state index contributed by atoms with van der Waals surface area (Å²) in [5.41, 5.74) is 5.33. The number of esters is 2. The fourth-order valence-electron chi connectivity index (χ4n) is 5.97. The van der Waals surface area contributed by atoms with Crippen LogP contribution in [0.2, 0.25) is 0 Å². The van der Waals surface area contributed by atoms with Crippen LogP contribution in [-0.2, 0) is 37.5 Å². The zero-order valence-corrected chi connectivity index (χ0v) is 36.1. The van der Waals surface area contributed by atoms with Crippen molar-refractivity contribution in [2.45, 2.75) is 206 Å². The third kappa shape index (κ3) is 38.6. The van der Waals surface area contributed by atoms with Crippen LogP contribution in [0.25, 0.3) is 0 Å². The molecular weight excluding hydrogens is 733 g/mol. The Morgan fingerprint density at radius 2 is 1.02 bits per heavy atom. The highest BCUT2D eigenvalue weighted by Crippen LogP contribution is 2.43. The second kappa shape index (κ2) is 39.5. The van der Waals surface area contributed by atoms with E-state index >= 15 is 0 Å². The number of phosphoric acid groups is 1. The summed E-state index contributed by atoms with van der Waals surface area (Å²) in [5.74, 6) is -2.64. The predicted molar refractivity (Wildman–Crippen MR) is 226 cm³/mol. The number of hydrogen-bond donors (Lipinski definition) is 3. The van der Waals surface area contributed by atoms with Gasteiger partial charge in [-0.05, 0) is 44.9 Å². The molecule has 0 fully saturated rings. The van der Waals surface area contributed by atoms with Crippen molar-refractivity contribution in [2.24, 2.45) is 5.73 Å². The molecule has 0 saturated carbocycles. The van der Waals surface area contributed by atoms with Gasteiger partial charge in [-0.25, -0.2) is 9.36 Å². The van der Waals surface area contributed by atoms with E-state index in [1.165, 1.54) is 141 Å². The minimum absolute atomic E-state index is 0.140. The third-order valence-corrected chi connectivity index (χ3v) is 10.4. The van der Waals surface area contributed by atoms with Gasteiger partial charge in [-0.3, -0.25) is 18.6 Å². The van der Waals surface area contributed by atoms with Crippen molar-refractivity contribution >= 4 is 25.7 Å². The predicted octanol–water partition coefficient (Wildman–Crippen LogP) is 11.6. The summed E-state index contributed by atoms with van der Waals surface area (Å²) < 4.78 is 32.5. The van der Waals surface area contributed by atoms with Crippen molar-refractivity contribution in [3.05, 3.63) is 36.5 Å². The fraction of sp³-hybridized carbons (Fsp3) is 0.795. The van der Waals surface area contributed by atoms with E-state index in [9.17, 15) is 23.8 Å². The first-order valence-electron chi connectivity index (χ1n) is 22.1. The van der Waals surface area contributed by atoms with E-state index in [0.29, 0.717) is 6.42 Å². The highest BCUT2D eigenvalue weighted by atomic mass is 31.2. The summed E-state index contributed by atoms with van der Waals surface area (Å²) in [6.45, 7) is 2.68. The maximum atomic E-state index is 12.6. The summed E-state index contributed by atoms with van der Waals surface area (Å²) in [5, 5.41) is 8.88. The van der Waals surface area contributed by atoms with Crippen LogP contribution in [0.1, 0.15) is 194 Å². The standard InChI is InChI=1S/C44H80NO10P/c1-3-5-7-9-11-13-15-17-19-20-22-24-26-28-30-32-34-36-43(47)55-40(38-53-56(50,51)54-39-41(45)44(48)49)37-52-42(46)35-33-31-29-27-25-23-21-18-16-14-12-10-8-6-4-2/h13,15,29,31,33,35,40-41H,3-12,14,16-28,30,32,34,36-39,45H2,1-2H3,(H,48,49)(H,50,51)/b15-13+,31-29+,35-33+/t40-,41+/m1/s1. The van der Waals surface area contributed by atoms with Gasteiger partial charge in [0.2, 0.25) is 0 Å². The average molecular weight is 814 g/mol.